The van der Waals surface area contributed by atoms with Gasteiger partial charge in [0.1, 0.15) is 5.75 Å². The fourth-order valence-corrected chi connectivity index (χ4v) is 5.05. The molecule has 30 heavy (non-hydrogen) atoms. The number of anilines is 1. The van der Waals surface area contributed by atoms with Gasteiger partial charge in [0.05, 0.1) is 11.9 Å². The largest absolute Gasteiger partial charge is 0.439 e. The average molecular weight is 428 g/mol. The smallest absolute Gasteiger partial charge is 0.227 e. The van der Waals surface area contributed by atoms with E-state index >= 15 is 0 Å². The van der Waals surface area contributed by atoms with Crippen LogP contribution in [-0.2, 0) is 17.6 Å². The molecule has 1 aromatic heterocycles. The Hall–Kier alpha value is -2.11. The van der Waals surface area contributed by atoms with Crippen LogP contribution in [0.25, 0.3) is 0 Å². The number of hydrogen-bond donors (Lipinski definition) is 0. The summed E-state index contributed by atoms with van der Waals surface area (Å²) in [6, 6.07) is 11.0. The van der Waals surface area contributed by atoms with Gasteiger partial charge in [0.15, 0.2) is 0 Å². The summed E-state index contributed by atoms with van der Waals surface area (Å²) in [6.07, 6.45) is 11.0. The first-order valence-corrected chi connectivity index (χ1v) is 11.1. The summed E-state index contributed by atoms with van der Waals surface area (Å²) in [6.45, 7) is 3.11. The predicted octanol–water partition coefficient (Wildman–Crippen LogP) is 4.77. The summed E-state index contributed by atoms with van der Waals surface area (Å²) < 4.78 is 6.03. The maximum Gasteiger partial charge on any atom is 0.227 e. The Morgan fingerprint density at radius 3 is 2.40 bits per heavy atom. The van der Waals surface area contributed by atoms with Crippen LogP contribution in [0, 0.1) is 0 Å². The van der Waals surface area contributed by atoms with Gasteiger partial charge in [-0.15, -0.1) is 12.4 Å². The van der Waals surface area contributed by atoms with Crippen LogP contribution >= 0.6 is 12.4 Å². The highest BCUT2D eigenvalue weighted by atomic mass is 35.5. The summed E-state index contributed by atoms with van der Waals surface area (Å²) >= 11 is 0. The molecule has 3 heterocycles. The molecule has 2 aliphatic heterocycles. The van der Waals surface area contributed by atoms with Gasteiger partial charge in [-0.05, 0) is 61.4 Å². The Morgan fingerprint density at radius 2 is 1.70 bits per heavy atom. The Balaban J connectivity index is 0.00000218. The lowest BCUT2D eigenvalue weighted by atomic mass is 10.0. The fraction of sp³-hybridized carbons (Fsp3) is 0.500. The first-order chi connectivity index (χ1) is 14.3. The topological polar surface area (TPSA) is 45.7 Å². The third-order valence-corrected chi connectivity index (χ3v) is 6.68. The number of hydrogen-bond acceptors (Lipinski definition) is 4. The lowest BCUT2D eigenvalue weighted by Crippen LogP contribution is -2.35. The number of ether oxygens (including phenoxy) is 1. The molecule has 1 saturated carbocycles. The van der Waals surface area contributed by atoms with Crippen LogP contribution in [0.1, 0.15) is 49.7 Å². The molecule has 1 aromatic carbocycles. The van der Waals surface area contributed by atoms with Crippen molar-refractivity contribution >= 4 is 24.0 Å². The second-order valence-corrected chi connectivity index (χ2v) is 8.51. The van der Waals surface area contributed by atoms with Crippen LogP contribution < -0.4 is 9.64 Å². The van der Waals surface area contributed by atoms with Crippen LogP contribution in [0.15, 0.2) is 36.5 Å². The third kappa shape index (κ3) is 4.47. The maximum absolute atomic E-state index is 11.9. The number of amides is 1. The molecule has 2 aromatic rings. The van der Waals surface area contributed by atoms with Crippen molar-refractivity contribution in [2.24, 2.45) is 0 Å². The Kier molecular flexibility index (Phi) is 6.59. The van der Waals surface area contributed by atoms with Crippen LogP contribution in [0.3, 0.4) is 0 Å². The molecule has 5 nitrogen and oxygen atoms in total. The van der Waals surface area contributed by atoms with Gasteiger partial charge >= 0.3 is 0 Å². The van der Waals surface area contributed by atoms with Crippen molar-refractivity contribution in [1.82, 2.24) is 9.88 Å². The monoisotopic (exact) mass is 427 g/mol. The standard InChI is InChI=1S/C24H29N3O2.ClH/c28-24-6-3-13-27(24)21-8-10-23(25-17-21)29-22-9-7-18-11-14-26(15-12-19(18)16-22)20-4-1-2-5-20;/h7-10,16-17,20H,1-6,11-15H2;1H. The zero-order valence-corrected chi connectivity index (χ0v) is 18.2. The molecule has 2 fully saturated rings. The molecule has 0 bridgehead atoms. The van der Waals surface area contributed by atoms with Crippen LogP contribution in [0.4, 0.5) is 5.69 Å². The molecule has 3 aliphatic rings. The van der Waals surface area contributed by atoms with Gasteiger partial charge in [-0.2, -0.15) is 0 Å². The summed E-state index contributed by atoms with van der Waals surface area (Å²) in [5.74, 6) is 1.59. The predicted molar refractivity (Wildman–Crippen MR) is 121 cm³/mol. The number of benzene rings is 1. The van der Waals surface area contributed by atoms with E-state index in [2.05, 4.69) is 28.1 Å². The van der Waals surface area contributed by atoms with Crippen molar-refractivity contribution in [2.45, 2.75) is 57.4 Å². The number of fused-ring (bicyclic) bond motifs is 1. The van der Waals surface area contributed by atoms with Gasteiger partial charge in [-0.25, -0.2) is 4.98 Å². The van der Waals surface area contributed by atoms with Gasteiger partial charge in [0.2, 0.25) is 11.8 Å². The lowest BCUT2D eigenvalue weighted by molar-refractivity contribution is -0.117. The first kappa shape index (κ1) is 21.1. The number of pyridine rings is 1. The minimum absolute atomic E-state index is 0. The summed E-state index contributed by atoms with van der Waals surface area (Å²) in [5, 5.41) is 0. The number of rotatable bonds is 4. The number of carbonyl (C=O) groups is 1. The van der Waals surface area contributed by atoms with Crippen molar-refractivity contribution in [1.29, 1.82) is 0 Å². The minimum Gasteiger partial charge on any atom is -0.439 e. The van der Waals surface area contributed by atoms with E-state index in [9.17, 15) is 4.79 Å². The number of aromatic nitrogens is 1. The van der Waals surface area contributed by atoms with Crippen molar-refractivity contribution in [3.05, 3.63) is 47.7 Å². The molecule has 160 valence electrons. The Bertz CT molecular complexity index is 881. The molecule has 1 saturated heterocycles. The molecule has 1 amide bonds. The van der Waals surface area contributed by atoms with Crippen molar-refractivity contribution in [3.63, 3.8) is 0 Å². The summed E-state index contributed by atoms with van der Waals surface area (Å²) in [7, 11) is 0. The zero-order chi connectivity index (χ0) is 19.6. The fourth-order valence-electron chi connectivity index (χ4n) is 5.05. The van der Waals surface area contributed by atoms with Gasteiger partial charge < -0.3 is 9.64 Å². The average Bonchev–Trinajstić information content (AvgIpc) is 3.37. The van der Waals surface area contributed by atoms with Gasteiger partial charge in [0, 0.05) is 38.2 Å². The minimum atomic E-state index is 0. The Labute approximate surface area is 184 Å². The van der Waals surface area contributed by atoms with E-state index in [1.165, 1.54) is 43.4 Å². The van der Waals surface area contributed by atoms with E-state index in [0.717, 1.165) is 49.8 Å². The van der Waals surface area contributed by atoms with Gasteiger partial charge in [-0.3, -0.25) is 9.69 Å². The summed E-state index contributed by atoms with van der Waals surface area (Å²) in [5.41, 5.74) is 3.71. The van der Waals surface area contributed by atoms with E-state index in [-0.39, 0.29) is 18.3 Å². The SMILES string of the molecule is Cl.O=C1CCCN1c1ccc(Oc2ccc3c(c2)CCN(C2CCCC2)CC3)nc1. The molecule has 0 spiro atoms. The normalized spacial score (nSPS) is 20.0. The molecule has 1 aliphatic carbocycles. The first-order valence-electron chi connectivity index (χ1n) is 11.1. The molecule has 0 unspecified atom stereocenters. The van der Waals surface area contributed by atoms with E-state index in [4.69, 9.17) is 4.74 Å². The van der Waals surface area contributed by atoms with E-state index in [1.54, 1.807) is 11.1 Å². The molecule has 5 rings (SSSR count). The molecule has 6 heteroatoms. The molecule has 0 atom stereocenters. The third-order valence-electron chi connectivity index (χ3n) is 6.68. The van der Waals surface area contributed by atoms with Gasteiger partial charge in [0.25, 0.3) is 0 Å². The number of nitrogens with zero attached hydrogens (tertiary/aromatic N) is 3. The molecule has 0 radical (unpaired) electrons. The van der Waals surface area contributed by atoms with E-state index < -0.39 is 0 Å². The van der Waals surface area contributed by atoms with Crippen LogP contribution in [0.5, 0.6) is 11.6 Å². The van der Waals surface area contributed by atoms with Crippen LogP contribution in [-0.4, -0.2) is 41.5 Å². The van der Waals surface area contributed by atoms with E-state index in [1.807, 2.05) is 12.1 Å². The molecular weight excluding hydrogens is 398 g/mol. The van der Waals surface area contributed by atoms with Crippen molar-refractivity contribution < 1.29 is 9.53 Å². The quantitative estimate of drug-likeness (QED) is 0.705. The zero-order valence-electron chi connectivity index (χ0n) is 17.4. The van der Waals surface area contributed by atoms with E-state index in [0.29, 0.717) is 12.3 Å². The number of carbonyl (C=O) groups excluding carboxylic acids is 1. The molecule has 0 N–H and O–H groups in total. The number of halogens is 1. The Morgan fingerprint density at radius 1 is 0.900 bits per heavy atom. The molecular formula is C24H30ClN3O2. The van der Waals surface area contributed by atoms with Crippen molar-refractivity contribution in [3.8, 4) is 11.6 Å². The van der Waals surface area contributed by atoms with Crippen molar-refractivity contribution in [2.75, 3.05) is 24.5 Å². The second-order valence-electron chi connectivity index (χ2n) is 8.51. The highest BCUT2D eigenvalue weighted by Gasteiger charge is 2.25. The lowest BCUT2D eigenvalue weighted by Gasteiger charge is -2.26. The summed E-state index contributed by atoms with van der Waals surface area (Å²) in [4.78, 5) is 20.8. The maximum atomic E-state index is 11.9. The second kappa shape index (κ2) is 9.36. The van der Waals surface area contributed by atoms with Crippen LogP contribution in [0.2, 0.25) is 0 Å². The van der Waals surface area contributed by atoms with Gasteiger partial charge in [-0.1, -0.05) is 18.9 Å². The highest BCUT2D eigenvalue weighted by molar-refractivity contribution is 5.95. The highest BCUT2D eigenvalue weighted by Crippen LogP contribution is 2.29.